The highest BCUT2D eigenvalue weighted by molar-refractivity contribution is 14.0. The second-order valence-corrected chi connectivity index (χ2v) is 9.97. The van der Waals surface area contributed by atoms with Crippen molar-refractivity contribution in [3.05, 3.63) is 64.7 Å². The van der Waals surface area contributed by atoms with Crippen molar-refractivity contribution in [3.63, 3.8) is 0 Å². The van der Waals surface area contributed by atoms with Gasteiger partial charge < -0.3 is 15.4 Å². The molecule has 0 spiro atoms. The first kappa shape index (κ1) is 28.2. The van der Waals surface area contributed by atoms with Gasteiger partial charge in [0.2, 0.25) is 0 Å². The second kappa shape index (κ2) is 14.4. The van der Waals surface area contributed by atoms with Gasteiger partial charge in [0.15, 0.2) is 15.8 Å². The zero-order valence-corrected chi connectivity index (χ0v) is 22.6. The lowest BCUT2D eigenvalue weighted by atomic mass is 10.1. The molecule has 0 radical (unpaired) electrons. The highest BCUT2D eigenvalue weighted by Gasteiger charge is 2.07. The summed E-state index contributed by atoms with van der Waals surface area (Å²) in [6, 6.07) is 13.8. The van der Waals surface area contributed by atoms with Crippen LogP contribution in [0.3, 0.4) is 0 Å². The third-order valence-corrected chi connectivity index (χ3v) is 5.67. The van der Waals surface area contributed by atoms with E-state index in [1.165, 1.54) is 24.7 Å². The van der Waals surface area contributed by atoms with Crippen molar-refractivity contribution in [2.24, 2.45) is 4.99 Å². The fourth-order valence-corrected chi connectivity index (χ4v) is 3.92. The predicted octanol–water partition coefficient (Wildman–Crippen LogP) is 4.59. The lowest BCUT2D eigenvalue weighted by molar-refractivity contribution is 0.303. The molecule has 2 N–H and O–H groups in total. The van der Waals surface area contributed by atoms with E-state index in [-0.39, 0.29) is 29.7 Å². The summed E-state index contributed by atoms with van der Waals surface area (Å²) in [5, 5.41) is 6.63. The molecule has 178 valence electrons. The van der Waals surface area contributed by atoms with Crippen molar-refractivity contribution >= 4 is 39.8 Å². The SMILES string of the molecule is CCCCCOc1cc(C)ccc1CNC(=NC)NCc1ccc(CS(C)(=O)=O)cc1.I. The van der Waals surface area contributed by atoms with E-state index in [4.69, 9.17) is 4.74 Å². The highest BCUT2D eigenvalue weighted by Crippen LogP contribution is 2.21. The van der Waals surface area contributed by atoms with E-state index in [2.05, 4.69) is 47.7 Å². The van der Waals surface area contributed by atoms with Crippen LogP contribution in [0.25, 0.3) is 0 Å². The first-order valence-corrected chi connectivity index (χ1v) is 12.8. The van der Waals surface area contributed by atoms with Crippen molar-refractivity contribution in [1.82, 2.24) is 10.6 Å². The Bertz CT molecular complexity index is 961. The Balaban J connectivity index is 0.00000512. The molecule has 8 heteroatoms. The van der Waals surface area contributed by atoms with Crippen LogP contribution < -0.4 is 15.4 Å². The van der Waals surface area contributed by atoms with E-state index in [0.717, 1.165) is 35.5 Å². The van der Waals surface area contributed by atoms with Crippen LogP contribution in [0.2, 0.25) is 0 Å². The number of halogens is 1. The minimum Gasteiger partial charge on any atom is -0.493 e. The largest absolute Gasteiger partial charge is 0.493 e. The van der Waals surface area contributed by atoms with Crippen LogP contribution in [-0.4, -0.2) is 34.3 Å². The molecule has 2 rings (SSSR count). The van der Waals surface area contributed by atoms with Crippen LogP contribution in [0, 0.1) is 6.92 Å². The first-order chi connectivity index (χ1) is 14.8. The molecule has 0 aromatic heterocycles. The smallest absolute Gasteiger partial charge is 0.191 e. The Kier molecular flexibility index (Phi) is 12.7. The van der Waals surface area contributed by atoms with Crippen molar-refractivity contribution in [2.45, 2.75) is 52.0 Å². The second-order valence-electron chi connectivity index (χ2n) is 7.83. The molecule has 0 saturated heterocycles. The summed E-state index contributed by atoms with van der Waals surface area (Å²) in [7, 11) is -1.29. The summed E-state index contributed by atoms with van der Waals surface area (Å²) < 4.78 is 28.8. The molecule has 2 aromatic carbocycles. The molecule has 0 heterocycles. The van der Waals surface area contributed by atoms with Gasteiger partial charge >= 0.3 is 0 Å². The summed E-state index contributed by atoms with van der Waals surface area (Å²) in [4.78, 5) is 4.29. The van der Waals surface area contributed by atoms with Crippen LogP contribution in [0.4, 0.5) is 0 Å². The van der Waals surface area contributed by atoms with Crippen LogP contribution in [0.1, 0.15) is 48.4 Å². The molecule has 6 nitrogen and oxygen atoms in total. The molecule has 0 aliphatic heterocycles. The standard InChI is InChI=1S/C24H35N3O3S.HI/c1-5-6-7-14-30-23-15-19(2)8-13-22(23)17-27-24(25-3)26-16-20-9-11-21(12-10-20)18-31(4,28)29;/h8-13,15H,5-7,14,16-18H2,1-4H3,(H2,25,26,27);1H. The Labute approximate surface area is 210 Å². The number of guanidine groups is 1. The number of aryl methyl sites for hydroxylation is 1. The number of nitrogens with zero attached hydrogens (tertiary/aromatic N) is 1. The number of unbranched alkanes of at least 4 members (excludes halogenated alkanes) is 2. The van der Waals surface area contributed by atoms with Crippen LogP contribution in [-0.2, 0) is 28.7 Å². The van der Waals surface area contributed by atoms with E-state index in [0.29, 0.717) is 19.0 Å². The number of benzene rings is 2. The number of ether oxygens (including phenoxy) is 1. The molecule has 0 unspecified atom stereocenters. The van der Waals surface area contributed by atoms with Gasteiger partial charge in [-0.15, -0.1) is 24.0 Å². The van der Waals surface area contributed by atoms with Crippen LogP contribution in [0.5, 0.6) is 5.75 Å². The van der Waals surface area contributed by atoms with Crippen LogP contribution in [0.15, 0.2) is 47.5 Å². The summed E-state index contributed by atoms with van der Waals surface area (Å²) >= 11 is 0. The van der Waals surface area contributed by atoms with E-state index >= 15 is 0 Å². The maximum Gasteiger partial charge on any atom is 0.191 e. The molecule has 0 bridgehead atoms. The van der Waals surface area contributed by atoms with Crippen LogP contribution >= 0.6 is 24.0 Å². The lowest BCUT2D eigenvalue weighted by Crippen LogP contribution is -2.36. The van der Waals surface area contributed by atoms with Gasteiger partial charge in [-0.05, 0) is 36.1 Å². The van der Waals surface area contributed by atoms with E-state index in [1.54, 1.807) is 7.05 Å². The topological polar surface area (TPSA) is 79.8 Å². The zero-order valence-electron chi connectivity index (χ0n) is 19.5. The Hall–Kier alpha value is -1.81. The van der Waals surface area contributed by atoms with Crippen molar-refractivity contribution in [2.75, 3.05) is 19.9 Å². The Morgan fingerprint density at radius 1 is 1.00 bits per heavy atom. The average molecular weight is 574 g/mol. The molecule has 0 amide bonds. The fraction of sp³-hybridized carbons (Fsp3) is 0.458. The summed E-state index contributed by atoms with van der Waals surface area (Å²) in [6.45, 7) is 6.18. The van der Waals surface area contributed by atoms with E-state index < -0.39 is 9.84 Å². The maximum absolute atomic E-state index is 11.4. The van der Waals surface area contributed by atoms with Gasteiger partial charge in [0.05, 0.1) is 12.4 Å². The predicted molar refractivity (Wildman–Crippen MR) is 144 cm³/mol. The third kappa shape index (κ3) is 10.7. The molecule has 0 atom stereocenters. The number of hydrogen-bond donors (Lipinski definition) is 2. The summed E-state index contributed by atoms with van der Waals surface area (Å²) in [5.41, 5.74) is 4.11. The van der Waals surface area contributed by atoms with Gasteiger partial charge in [-0.1, -0.05) is 56.2 Å². The molecule has 0 aliphatic rings. The van der Waals surface area contributed by atoms with Crippen molar-refractivity contribution in [1.29, 1.82) is 0 Å². The molecule has 0 saturated carbocycles. The Morgan fingerprint density at radius 2 is 1.66 bits per heavy atom. The van der Waals surface area contributed by atoms with Gasteiger partial charge in [0.1, 0.15) is 5.75 Å². The average Bonchev–Trinajstić information content (AvgIpc) is 2.72. The normalized spacial score (nSPS) is 11.6. The molecular formula is C24H36IN3O3S. The molecule has 0 fully saturated rings. The monoisotopic (exact) mass is 573 g/mol. The summed E-state index contributed by atoms with van der Waals surface area (Å²) in [6.07, 6.45) is 4.65. The van der Waals surface area contributed by atoms with Gasteiger partial charge in [0.25, 0.3) is 0 Å². The minimum absolute atomic E-state index is 0. The number of rotatable bonds is 11. The van der Waals surface area contributed by atoms with Crippen molar-refractivity contribution in [3.8, 4) is 5.75 Å². The number of hydrogen-bond acceptors (Lipinski definition) is 4. The van der Waals surface area contributed by atoms with Gasteiger partial charge in [-0.25, -0.2) is 8.42 Å². The maximum atomic E-state index is 11.4. The van der Waals surface area contributed by atoms with Gasteiger partial charge in [-0.3, -0.25) is 4.99 Å². The molecular weight excluding hydrogens is 537 g/mol. The fourth-order valence-electron chi connectivity index (χ4n) is 3.12. The first-order valence-electron chi connectivity index (χ1n) is 10.7. The zero-order chi connectivity index (χ0) is 22.7. The van der Waals surface area contributed by atoms with E-state index in [9.17, 15) is 8.42 Å². The molecule has 2 aromatic rings. The molecule has 32 heavy (non-hydrogen) atoms. The van der Waals surface area contributed by atoms with Crippen molar-refractivity contribution < 1.29 is 13.2 Å². The van der Waals surface area contributed by atoms with Gasteiger partial charge in [0, 0.05) is 32.0 Å². The highest BCUT2D eigenvalue weighted by atomic mass is 127. The van der Waals surface area contributed by atoms with Gasteiger partial charge in [-0.2, -0.15) is 0 Å². The number of sulfone groups is 1. The quantitative estimate of drug-likeness (QED) is 0.178. The Morgan fingerprint density at radius 3 is 2.28 bits per heavy atom. The minimum atomic E-state index is -3.02. The van der Waals surface area contributed by atoms with E-state index in [1.807, 2.05) is 24.3 Å². The molecule has 0 aliphatic carbocycles. The number of aliphatic imine (C=N–C) groups is 1. The summed E-state index contributed by atoms with van der Waals surface area (Å²) in [5.74, 6) is 1.67. The lowest BCUT2D eigenvalue weighted by Gasteiger charge is -2.16. The number of nitrogens with one attached hydrogen (secondary N) is 2. The third-order valence-electron chi connectivity index (χ3n) is 4.81.